The summed E-state index contributed by atoms with van der Waals surface area (Å²) in [7, 11) is 1.61. The van der Waals surface area contributed by atoms with Crippen LogP contribution >= 0.6 is 23.4 Å². The van der Waals surface area contributed by atoms with Gasteiger partial charge in [-0.05, 0) is 29.8 Å². The minimum absolute atomic E-state index is 0.530. The van der Waals surface area contributed by atoms with Crippen LogP contribution in [0.4, 0.5) is 0 Å². The van der Waals surface area contributed by atoms with Crippen molar-refractivity contribution >= 4 is 23.4 Å². The average Bonchev–Trinajstić information content (AvgIpc) is 2.46. The maximum absolute atomic E-state index is 10.1. The molecule has 3 nitrogen and oxygen atoms in total. The monoisotopic (exact) mass is 295 g/mol. The van der Waals surface area contributed by atoms with E-state index in [1.165, 1.54) is 11.8 Å². The zero-order valence-electron chi connectivity index (χ0n) is 10.4. The highest BCUT2D eigenvalue weighted by atomic mass is 35.5. The fourth-order valence-electron chi connectivity index (χ4n) is 1.56. The van der Waals surface area contributed by atoms with Crippen LogP contribution in [0.2, 0.25) is 5.02 Å². The molecule has 0 bridgehead atoms. The van der Waals surface area contributed by atoms with Gasteiger partial charge in [0.2, 0.25) is 0 Å². The maximum Gasteiger partial charge on any atom is 0.119 e. The fourth-order valence-corrected chi connectivity index (χ4v) is 2.48. The molecule has 0 aliphatic carbocycles. The minimum Gasteiger partial charge on any atom is -0.497 e. The smallest absolute Gasteiger partial charge is 0.119 e. The van der Waals surface area contributed by atoms with Gasteiger partial charge in [-0.25, -0.2) is 4.98 Å². The molecule has 0 radical (unpaired) electrons. The summed E-state index contributed by atoms with van der Waals surface area (Å²) in [4.78, 5) is 4.17. The normalized spacial score (nSPS) is 12.2. The van der Waals surface area contributed by atoms with Crippen molar-refractivity contribution in [3.8, 4) is 5.75 Å². The van der Waals surface area contributed by atoms with Gasteiger partial charge in [0, 0.05) is 11.9 Å². The van der Waals surface area contributed by atoms with E-state index < -0.39 is 6.10 Å². The van der Waals surface area contributed by atoms with Crippen molar-refractivity contribution in [2.75, 3.05) is 12.9 Å². The molecule has 0 saturated carbocycles. The summed E-state index contributed by atoms with van der Waals surface area (Å²) >= 11 is 7.25. The van der Waals surface area contributed by atoms with E-state index in [1.807, 2.05) is 30.3 Å². The molecule has 1 aromatic heterocycles. The predicted octanol–water partition coefficient (Wildman–Crippen LogP) is 3.57. The van der Waals surface area contributed by atoms with E-state index >= 15 is 0 Å². The largest absolute Gasteiger partial charge is 0.497 e. The molecule has 0 fully saturated rings. The number of hydrogen-bond donors (Lipinski definition) is 1. The van der Waals surface area contributed by atoms with Gasteiger partial charge in [-0.15, -0.1) is 11.8 Å². The summed E-state index contributed by atoms with van der Waals surface area (Å²) in [6, 6.07) is 11.1. The van der Waals surface area contributed by atoms with Crippen molar-refractivity contribution in [3.63, 3.8) is 0 Å². The Balaban J connectivity index is 1.96. The summed E-state index contributed by atoms with van der Waals surface area (Å²) in [5.41, 5.74) is 0.834. The fraction of sp³-hybridized carbons (Fsp3) is 0.214. The molecule has 0 amide bonds. The molecule has 2 rings (SSSR count). The Hall–Kier alpha value is -1.23. The van der Waals surface area contributed by atoms with Crippen LogP contribution in [0, 0.1) is 0 Å². The van der Waals surface area contributed by atoms with E-state index in [2.05, 4.69) is 4.98 Å². The van der Waals surface area contributed by atoms with Crippen LogP contribution in [0.1, 0.15) is 11.7 Å². The number of halogens is 1. The van der Waals surface area contributed by atoms with Crippen LogP contribution in [0.25, 0.3) is 0 Å². The summed E-state index contributed by atoms with van der Waals surface area (Å²) < 4.78 is 5.14. The Bertz CT molecular complexity index is 533. The number of aliphatic hydroxyl groups excluding tert-OH is 1. The molecule has 19 heavy (non-hydrogen) atoms. The number of benzene rings is 1. The second kappa shape index (κ2) is 6.80. The quantitative estimate of drug-likeness (QED) is 0.856. The number of ether oxygens (including phenoxy) is 1. The maximum atomic E-state index is 10.1. The van der Waals surface area contributed by atoms with Crippen LogP contribution in [0.15, 0.2) is 47.6 Å². The molecular formula is C14H14ClNO2S. The van der Waals surface area contributed by atoms with Gasteiger partial charge < -0.3 is 9.84 Å². The van der Waals surface area contributed by atoms with Crippen molar-refractivity contribution in [2.24, 2.45) is 0 Å². The van der Waals surface area contributed by atoms with Gasteiger partial charge in [0.15, 0.2) is 0 Å². The molecule has 5 heteroatoms. The van der Waals surface area contributed by atoms with Crippen LogP contribution in [-0.4, -0.2) is 23.0 Å². The Labute approximate surface area is 121 Å². The van der Waals surface area contributed by atoms with Gasteiger partial charge in [-0.1, -0.05) is 23.7 Å². The number of aliphatic hydroxyl groups is 1. The molecule has 1 aromatic carbocycles. The highest BCUT2D eigenvalue weighted by Gasteiger charge is 2.09. The van der Waals surface area contributed by atoms with E-state index in [0.29, 0.717) is 10.8 Å². The highest BCUT2D eigenvalue weighted by molar-refractivity contribution is 7.99. The Morgan fingerprint density at radius 1 is 1.37 bits per heavy atom. The van der Waals surface area contributed by atoms with Crippen LogP contribution < -0.4 is 4.74 Å². The molecule has 0 aliphatic rings. The molecule has 100 valence electrons. The van der Waals surface area contributed by atoms with E-state index in [4.69, 9.17) is 16.3 Å². The first-order valence-electron chi connectivity index (χ1n) is 5.75. The van der Waals surface area contributed by atoms with Crippen molar-refractivity contribution in [1.29, 1.82) is 0 Å². The van der Waals surface area contributed by atoms with E-state index in [9.17, 15) is 5.11 Å². The first kappa shape index (κ1) is 14.2. The number of methoxy groups -OCH3 is 1. The molecule has 1 heterocycles. The summed E-state index contributed by atoms with van der Waals surface area (Å²) in [6.45, 7) is 0. The second-order valence-corrected chi connectivity index (χ2v) is 5.39. The van der Waals surface area contributed by atoms with Gasteiger partial charge in [0.05, 0.1) is 23.3 Å². The number of aromatic nitrogens is 1. The van der Waals surface area contributed by atoms with E-state index in [0.717, 1.165) is 16.3 Å². The average molecular weight is 296 g/mol. The number of rotatable bonds is 5. The standard InChI is InChI=1S/C14H14ClNO2S/c1-18-12-4-2-3-10(7-12)13(17)9-19-14-6-5-11(15)8-16-14/h2-8,13,17H,9H2,1H3. The SMILES string of the molecule is COc1cccc(C(O)CSc2ccc(Cl)cn2)c1. The zero-order valence-corrected chi connectivity index (χ0v) is 12.0. The van der Waals surface area contributed by atoms with Crippen molar-refractivity contribution in [1.82, 2.24) is 4.98 Å². The van der Waals surface area contributed by atoms with Crippen molar-refractivity contribution in [3.05, 3.63) is 53.2 Å². The molecule has 1 unspecified atom stereocenters. The van der Waals surface area contributed by atoms with Gasteiger partial charge in [-0.2, -0.15) is 0 Å². The molecule has 0 saturated heterocycles. The number of thioether (sulfide) groups is 1. The Morgan fingerprint density at radius 3 is 2.89 bits per heavy atom. The van der Waals surface area contributed by atoms with Crippen molar-refractivity contribution < 1.29 is 9.84 Å². The van der Waals surface area contributed by atoms with E-state index in [-0.39, 0.29) is 0 Å². The van der Waals surface area contributed by atoms with Crippen molar-refractivity contribution in [2.45, 2.75) is 11.1 Å². The third-order valence-corrected chi connectivity index (χ3v) is 3.81. The molecular weight excluding hydrogens is 282 g/mol. The number of nitrogens with zero attached hydrogens (tertiary/aromatic N) is 1. The summed E-state index contributed by atoms with van der Waals surface area (Å²) in [6.07, 6.45) is 1.04. The highest BCUT2D eigenvalue weighted by Crippen LogP contribution is 2.25. The van der Waals surface area contributed by atoms with Crippen LogP contribution in [0.5, 0.6) is 5.75 Å². The lowest BCUT2D eigenvalue weighted by Gasteiger charge is -2.11. The molecule has 1 N–H and O–H groups in total. The van der Waals surface area contributed by atoms with Crippen LogP contribution in [-0.2, 0) is 0 Å². The zero-order chi connectivity index (χ0) is 13.7. The minimum atomic E-state index is -0.558. The molecule has 0 spiro atoms. The molecule has 2 aromatic rings. The summed E-state index contributed by atoms with van der Waals surface area (Å²) in [5.74, 6) is 1.27. The lowest BCUT2D eigenvalue weighted by Crippen LogP contribution is -2.01. The Kier molecular flexibility index (Phi) is 5.07. The van der Waals surface area contributed by atoms with Gasteiger partial charge in [0.1, 0.15) is 5.75 Å². The first-order valence-corrected chi connectivity index (χ1v) is 7.12. The summed E-state index contributed by atoms with van der Waals surface area (Å²) in [5, 5.41) is 11.6. The van der Waals surface area contributed by atoms with E-state index in [1.54, 1.807) is 19.4 Å². The second-order valence-electron chi connectivity index (χ2n) is 3.92. The number of hydrogen-bond acceptors (Lipinski definition) is 4. The molecule has 1 atom stereocenters. The lowest BCUT2D eigenvalue weighted by molar-refractivity contribution is 0.203. The third-order valence-electron chi connectivity index (χ3n) is 2.57. The third kappa shape index (κ3) is 4.13. The van der Waals surface area contributed by atoms with Gasteiger partial charge in [-0.3, -0.25) is 0 Å². The Morgan fingerprint density at radius 2 is 2.21 bits per heavy atom. The topological polar surface area (TPSA) is 42.4 Å². The first-order chi connectivity index (χ1) is 9.19. The van der Waals surface area contributed by atoms with Crippen LogP contribution in [0.3, 0.4) is 0 Å². The molecule has 0 aliphatic heterocycles. The lowest BCUT2D eigenvalue weighted by atomic mass is 10.1. The predicted molar refractivity (Wildman–Crippen MR) is 77.9 cm³/mol. The van der Waals surface area contributed by atoms with Gasteiger partial charge in [0.25, 0.3) is 0 Å². The van der Waals surface area contributed by atoms with Gasteiger partial charge >= 0.3 is 0 Å². The number of pyridine rings is 1.